The fraction of sp³-hybridized carbons (Fsp3) is 0.529. The minimum atomic E-state index is -0.915. The molecule has 124 valence electrons. The molecule has 1 heterocycles. The monoisotopic (exact) mass is 353 g/mol. The molecule has 0 unspecified atom stereocenters. The van der Waals surface area contributed by atoms with Crippen LogP contribution in [0.15, 0.2) is 36.9 Å². The van der Waals surface area contributed by atoms with E-state index in [0.29, 0.717) is 12.4 Å². The van der Waals surface area contributed by atoms with Gasteiger partial charge in [-0.15, -0.1) is 11.6 Å². The first-order chi connectivity index (χ1) is 11.0. The summed E-state index contributed by atoms with van der Waals surface area (Å²) < 4.78 is 1.70. The maximum absolute atomic E-state index is 11.6. The molecule has 1 aromatic carbocycles. The quantitative estimate of drug-likeness (QED) is 0.836. The van der Waals surface area contributed by atoms with Crippen molar-refractivity contribution in [1.29, 1.82) is 0 Å². The van der Waals surface area contributed by atoms with Crippen molar-refractivity contribution in [2.75, 3.05) is 5.88 Å². The Kier molecular flexibility index (Phi) is 4.68. The zero-order valence-corrected chi connectivity index (χ0v) is 14.6. The first kappa shape index (κ1) is 16.7. The van der Waals surface area contributed by atoms with Crippen LogP contribution < -0.4 is 0 Å². The third-order valence-corrected chi connectivity index (χ3v) is 6.17. The van der Waals surface area contributed by atoms with Crippen molar-refractivity contribution in [2.45, 2.75) is 38.3 Å². The van der Waals surface area contributed by atoms with E-state index < -0.39 is 5.60 Å². The molecule has 0 saturated heterocycles. The molecule has 2 aromatic rings. The molecular formula is C17H21Cl2N3O. The topological polar surface area (TPSA) is 50.9 Å². The zero-order valence-electron chi connectivity index (χ0n) is 13.1. The highest BCUT2D eigenvalue weighted by Gasteiger charge is 2.56. The molecule has 4 nitrogen and oxygen atoms in total. The summed E-state index contributed by atoms with van der Waals surface area (Å²) in [6, 6.07) is 7.83. The van der Waals surface area contributed by atoms with Gasteiger partial charge in [0.1, 0.15) is 12.7 Å². The predicted molar refractivity (Wildman–Crippen MR) is 91.7 cm³/mol. The number of hydrogen-bond donors (Lipinski definition) is 1. The predicted octanol–water partition coefficient (Wildman–Crippen LogP) is 3.56. The van der Waals surface area contributed by atoms with Crippen LogP contribution in [0.5, 0.6) is 0 Å². The Morgan fingerprint density at radius 1 is 1.35 bits per heavy atom. The molecule has 1 aliphatic rings. The molecular weight excluding hydrogens is 333 g/mol. The summed E-state index contributed by atoms with van der Waals surface area (Å²) in [5.41, 5.74) is -0.0742. The number of rotatable bonds is 5. The lowest BCUT2D eigenvalue weighted by Gasteiger charge is -2.42. The van der Waals surface area contributed by atoms with Gasteiger partial charge in [-0.1, -0.05) is 30.7 Å². The van der Waals surface area contributed by atoms with Gasteiger partial charge in [0, 0.05) is 16.3 Å². The smallest absolute Gasteiger partial charge is 0.137 e. The van der Waals surface area contributed by atoms with Crippen LogP contribution >= 0.6 is 23.2 Å². The number of halogens is 2. The van der Waals surface area contributed by atoms with E-state index in [2.05, 4.69) is 17.0 Å². The van der Waals surface area contributed by atoms with Crippen molar-refractivity contribution in [1.82, 2.24) is 14.8 Å². The molecule has 0 bridgehead atoms. The zero-order chi connectivity index (χ0) is 16.5. The van der Waals surface area contributed by atoms with Gasteiger partial charge in [-0.05, 0) is 42.9 Å². The van der Waals surface area contributed by atoms with Crippen LogP contribution in [0.25, 0.3) is 0 Å². The molecule has 0 aliphatic heterocycles. The number of alkyl halides is 1. The lowest BCUT2D eigenvalue weighted by atomic mass is 9.72. The summed E-state index contributed by atoms with van der Waals surface area (Å²) in [6.45, 7) is 2.48. The molecule has 0 amide bonds. The summed E-state index contributed by atoms with van der Waals surface area (Å²) in [6.07, 6.45) is 5.78. The number of benzene rings is 1. The molecule has 1 N–H and O–H groups in total. The van der Waals surface area contributed by atoms with E-state index in [-0.39, 0.29) is 11.3 Å². The third-order valence-electron chi connectivity index (χ3n) is 5.33. The number of aliphatic hydroxyl groups is 1. The van der Waals surface area contributed by atoms with Crippen molar-refractivity contribution in [2.24, 2.45) is 11.3 Å². The lowest BCUT2D eigenvalue weighted by molar-refractivity contribution is -0.0891. The molecule has 23 heavy (non-hydrogen) atoms. The number of aromatic nitrogens is 3. The van der Waals surface area contributed by atoms with Gasteiger partial charge in [-0.3, -0.25) is 4.68 Å². The Hall–Kier alpha value is -1.10. The van der Waals surface area contributed by atoms with E-state index >= 15 is 0 Å². The van der Waals surface area contributed by atoms with Gasteiger partial charge in [0.05, 0.1) is 12.1 Å². The van der Waals surface area contributed by atoms with Gasteiger partial charge in [0.25, 0.3) is 0 Å². The van der Waals surface area contributed by atoms with Gasteiger partial charge in [0.15, 0.2) is 0 Å². The SMILES string of the molecule is C[C@]1(CCl)CC[C@H](Cc2ccc(Cl)cc2)[C@@]1(O)Cn1cncn1. The van der Waals surface area contributed by atoms with Crippen LogP contribution in [0.3, 0.4) is 0 Å². The summed E-state index contributed by atoms with van der Waals surface area (Å²) in [7, 11) is 0. The Bertz CT molecular complexity index is 646. The highest BCUT2D eigenvalue weighted by Crippen LogP contribution is 2.52. The Balaban J connectivity index is 1.87. The van der Waals surface area contributed by atoms with E-state index in [9.17, 15) is 5.11 Å². The Morgan fingerprint density at radius 2 is 2.09 bits per heavy atom. The van der Waals surface area contributed by atoms with Gasteiger partial charge < -0.3 is 5.11 Å². The van der Waals surface area contributed by atoms with Gasteiger partial charge in [-0.25, -0.2) is 4.98 Å². The second-order valence-corrected chi connectivity index (χ2v) is 7.48. The molecule has 1 aromatic heterocycles. The molecule has 6 heteroatoms. The van der Waals surface area contributed by atoms with Crippen LogP contribution in [0, 0.1) is 11.3 Å². The van der Waals surface area contributed by atoms with Crippen molar-refractivity contribution < 1.29 is 5.11 Å². The maximum Gasteiger partial charge on any atom is 0.137 e. The van der Waals surface area contributed by atoms with Gasteiger partial charge in [0.2, 0.25) is 0 Å². The van der Waals surface area contributed by atoms with Crippen LogP contribution in [-0.2, 0) is 13.0 Å². The average Bonchev–Trinajstić information content (AvgIpc) is 3.12. The van der Waals surface area contributed by atoms with Gasteiger partial charge in [-0.2, -0.15) is 5.10 Å². The molecule has 1 fully saturated rings. The first-order valence-corrected chi connectivity index (χ1v) is 8.73. The molecule has 0 spiro atoms. The standard InChI is InChI=1S/C17H21Cl2N3O/c1-16(9-18)7-6-14(8-13-2-4-15(19)5-3-13)17(16,23)10-22-12-20-11-21-22/h2-5,11-12,14,23H,6-10H2,1H3/t14-,16-,17+/m1/s1. The molecule has 1 saturated carbocycles. The number of hydrogen-bond acceptors (Lipinski definition) is 3. The average molecular weight is 354 g/mol. The molecule has 0 radical (unpaired) electrons. The van der Waals surface area contributed by atoms with Crippen molar-refractivity contribution >= 4 is 23.2 Å². The Labute approximate surface area is 146 Å². The lowest BCUT2D eigenvalue weighted by Crippen LogP contribution is -2.51. The van der Waals surface area contributed by atoms with Crippen molar-refractivity contribution in [3.05, 3.63) is 47.5 Å². The largest absolute Gasteiger partial charge is 0.387 e. The fourth-order valence-corrected chi connectivity index (χ4v) is 4.17. The normalized spacial score (nSPS) is 30.7. The van der Waals surface area contributed by atoms with Crippen LogP contribution in [0.2, 0.25) is 5.02 Å². The van der Waals surface area contributed by atoms with Crippen LogP contribution in [0.4, 0.5) is 0 Å². The summed E-state index contributed by atoms with van der Waals surface area (Å²) in [4.78, 5) is 3.98. The van der Waals surface area contributed by atoms with E-state index in [1.807, 2.05) is 24.3 Å². The summed E-state index contributed by atoms with van der Waals surface area (Å²) in [5, 5.41) is 16.4. The van der Waals surface area contributed by atoms with Crippen molar-refractivity contribution in [3.63, 3.8) is 0 Å². The third kappa shape index (κ3) is 3.12. The highest BCUT2D eigenvalue weighted by molar-refractivity contribution is 6.30. The molecule has 3 rings (SSSR count). The second kappa shape index (κ2) is 6.42. The van der Waals surface area contributed by atoms with Crippen LogP contribution in [-0.4, -0.2) is 31.4 Å². The molecule has 1 aliphatic carbocycles. The highest BCUT2D eigenvalue weighted by atomic mass is 35.5. The fourth-order valence-electron chi connectivity index (χ4n) is 3.68. The van der Waals surface area contributed by atoms with E-state index in [0.717, 1.165) is 24.3 Å². The minimum absolute atomic E-state index is 0.122. The Morgan fingerprint density at radius 3 is 2.70 bits per heavy atom. The number of nitrogens with zero attached hydrogens (tertiary/aromatic N) is 3. The first-order valence-electron chi connectivity index (χ1n) is 7.82. The molecule has 3 atom stereocenters. The van der Waals surface area contributed by atoms with Crippen LogP contribution in [0.1, 0.15) is 25.3 Å². The van der Waals surface area contributed by atoms with E-state index in [4.69, 9.17) is 23.2 Å². The second-order valence-electron chi connectivity index (χ2n) is 6.78. The summed E-state index contributed by atoms with van der Waals surface area (Å²) >= 11 is 12.2. The van der Waals surface area contributed by atoms with Crippen molar-refractivity contribution in [3.8, 4) is 0 Å². The van der Waals surface area contributed by atoms with E-state index in [1.54, 1.807) is 11.0 Å². The summed E-state index contributed by atoms with van der Waals surface area (Å²) in [5.74, 6) is 0.548. The van der Waals surface area contributed by atoms with Gasteiger partial charge >= 0.3 is 0 Å². The maximum atomic E-state index is 11.6. The minimum Gasteiger partial charge on any atom is -0.387 e. The van der Waals surface area contributed by atoms with E-state index in [1.165, 1.54) is 11.9 Å².